The van der Waals surface area contributed by atoms with E-state index in [1.165, 1.54) is 0 Å². The molecule has 1 amide bonds. The van der Waals surface area contributed by atoms with E-state index in [2.05, 4.69) is 36.5 Å². The molecular weight excluding hydrogens is 454 g/mol. The zero-order valence-corrected chi connectivity index (χ0v) is 19.3. The van der Waals surface area contributed by atoms with Crippen molar-refractivity contribution in [1.82, 2.24) is 29.7 Å². The summed E-state index contributed by atoms with van der Waals surface area (Å²) in [4.78, 5) is 28.8. The van der Waals surface area contributed by atoms with Crippen LogP contribution in [0.3, 0.4) is 0 Å². The Bertz CT molecular complexity index is 1660. The fraction of sp³-hybridized carbons (Fsp3) is 0.0741. The van der Waals surface area contributed by atoms with E-state index in [4.69, 9.17) is 4.52 Å². The fourth-order valence-electron chi connectivity index (χ4n) is 4.09. The second kappa shape index (κ2) is 8.95. The Morgan fingerprint density at radius 3 is 2.61 bits per heavy atom. The number of carbonyl (C=O) groups excluding carboxylic acids is 1. The molecule has 9 nitrogen and oxygen atoms in total. The van der Waals surface area contributed by atoms with E-state index in [-0.39, 0.29) is 12.3 Å². The average Bonchev–Trinajstić information content (AvgIpc) is 3.64. The predicted molar refractivity (Wildman–Crippen MR) is 135 cm³/mol. The van der Waals surface area contributed by atoms with Crippen molar-refractivity contribution in [3.05, 3.63) is 97.2 Å². The second-order valence-electron chi connectivity index (χ2n) is 8.42. The predicted octanol–water partition coefficient (Wildman–Crippen LogP) is 4.96. The van der Waals surface area contributed by atoms with E-state index < -0.39 is 0 Å². The van der Waals surface area contributed by atoms with Crippen LogP contribution in [0.25, 0.3) is 39.2 Å². The van der Waals surface area contributed by atoms with Crippen LogP contribution in [0.5, 0.6) is 0 Å². The summed E-state index contributed by atoms with van der Waals surface area (Å²) in [5, 5.41) is 7.95. The summed E-state index contributed by atoms with van der Waals surface area (Å²) in [6, 6.07) is 17.1. The van der Waals surface area contributed by atoms with Crippen LogP contribution in [-0.2, 0) is 11.2 Å². The molecule has 0 fully saturated rings. The quantitative estimate of drug-likeness (QED) is 0.352. The summed E-state index contributed by atoms with van der Waals surface area (Å²) < 4.78 is 7.25. The molecule has 0 bridgehead atoms. The summed E-state index contributed by atoms with van der Waals surface area (Å²) in [6.45, 7) is 1.95. The molecule has 0 radical (unpaired) electrons. The molecule has 5 aromatic heterocycles. The molecule has 1 aromatic carbocycles. The number of H-pyrrole nitrogens is 1. The number of aromatic amines is 1. The molecule has 0 spiro atoms. The van der Waals surface area contributed by atoms with Gasteiger partial charge in [0, 0.05) is 53.2 Å². The average molecular weight is 476 g/mol. The molecule has 6 aromatic rings. The Kier molecular flexibility index (Phi) is 5.34. The largest absolute Gasteiger partial charge is 0.360 e. The van der Waals surface area contributed by atoms with Gasteiger partial charge in [0.05, 0.1) is 17.6 Å². The summed E-state index contributed by atoms with van der Waals surface area (Å²) >= 11 is 0. The van der Waals surface area contributed by atoms with E-state index in [9.17, 15) is 4.79 Å². The van der Waals surface area contributed by atoms with E-state index in [0.717, 1.165) is 39.2 Å². The number of fused-ring (bicyclic) bond motifs is 1. The third-order valence-electron chi connectivity index (χ3n) is 5.83. The Labute approximate surface area is 205 Å². The SMILES string of the molecule is Cc1cn(-c2nccc3[nH]c(-c4ccc(NC(=O)Cc5cc(-c6ccncc6)no5)cc4)cc23)cn1. The number of aryl methyl sites for hydroxylation is 1. The first-order valence-electron chi connectivity index (χ1n) is 11.4. The van der Waals surface area contributed by atoms with E-state index in [0.29, 0.717) is 17.1 Å². The number of benzene rings is 1. The standard InChI is InChI=1S/C27H21N7O2/c1-17-15-34(16-30-17)27-22-14-24(32-23(22)8-11-29-27)18-2-4-20(5-3-18)31-26(35)13-21-12-25(33-36-21)19-6-9-28-10-7-19/h2-12,14-16,32H,13H2,1H3,(H,31,35). The van der Waals surface area contributed by atoms with Gasteiger partial charge in [-0.2, -0.15) is 0 Å². The lowest BCUT2D eigenvalue weighted by molar-refractivity contribution is -0.115. The number of pyridine rings is 2. The van der Waals surface area contributed by atoms with Crippen LogP contribution in [0.15, 0.2) is 90.2 Å². The van der Waals surface area contributed by atoms with Crippen molar-refractivity contribution in [2.75, 3.05) is 5.32 Å². The van der Waals surface area contributed by atoms with Crippen molar-refractivity contribution >= 4 is 22.5 Å². The number of nitrogens with one attached hydrogen (secondary N) is 2. The van der Waals surface area contributed by atoms with Crippen molar-refractivity contribution in [3.63, 3.8) is 0 Å². The lowest BCUT2D eigenvalue weighted by Gasteiger charge is -2.05. The fourth-order valence-corrected chi connectivity index (χ4v) is 4.09. The number of hydrogen-bond donors (Lipinski definition) is 2. The number of aromatic nitrogens is 6. The number of nitrogens with zero attached hydrogens (tertiary/aromatic N) is 5. The molecule has 0 aliphatic carbocycles. The Morgan fingerprint density at radius 2 is 1.83 bits per heavy atom. The van der Waals surface area contributed by atoms with Crippen LogP contribution in [0.1, 0.15) is 11.5 Å². The van der Waals surface area contributed by atoms with Gasteiger partial charge < -0.3 is 14.8 Å². The number of amides is 1. The zero-order valence-electron chi connectivity index (χ0n) is 19.3. The Hall–Kier alpha value is -5.05. The van der Waals surface area contributed by atoms with Gasteiger partial charge in [-0.15, -0.1) is 0 Å². The maximum absolute atomic E-state index is 12.5. The summed E-state index contributed by atoms with van der Waals surface area (Å²) in [5.41, 5.74) is 6.12. The second-order valence-corrected chi connectivity index (χ2v) is 8.42. The van der Waals surface area contributed by atoms with E-state index in [1.54, 1.807) is 31.0 Å². The van der Waals surface area contributed by atoms with Crippen molar-refractivity contribution < 1.29 is 9.32 Å². The maximum atomic E-state index is 12.5. The highest BCUT2D eigenvalue weighted by Gasteiger charge is 2.13. The molecule has 6 rings (SSSR count). The number of anilines is 1. The highest BCUT2D eigenvalue weighted by Crippen LogP contribution is 2.28. The molecule has 5 heterocycles. The molecule has 36 heavy (non-hydrogen) atoms. The van der Waals surface area contributed by atoms with Crippen LogP contribution in [0.2, 0.25) is 0 Å². The molecule has 0 saturated heterocycles. The highest BCUT2D eigenvalue weighted by molar-refractivity contribution is 5.93. The first kappa shape index (κ1) is 21.5. The minimum Gasteiger partial charge on any atom is -0.360 e. The lowest BCUT2D eigenvalue weighted by Crippen LogP contribution is -2.13. The minimum absolute atomic E-state index is 0.0886. The molecular formula is C27H21N7O2. The number of carbonyl (C=O) groups is 1. The van der Waals surface area contributed by atoms with Gasteiger partial charge in [0.2, 0.25) is 5.91 Å². The molecule has 0 aliphatic heterocycles. The van der Waals surface area contributed by atoms with Crippen LogP contribution in [0.4, 0.5) is 5.69 Å². The van der Waals surface area contributed by atoms with Gasteiger partial charge in [-0.1, -0.05) is 17.3 Å². The molecule has 2 N–H and O–H groups in total. The normalized spacial score (nSPS) is 11.1. The maximum Gasteiger partial charge on any atom is 0.232 e. The van der Waals surface area contributed by atoms with Crippen LogP contribution < -0.4 is 5.32 Å². The third kappa shape index (κ3) is 4.25. The summed E-state index contributed by atoms with van der Waals surface area (Å²) in [5.74, 6) is 1.13. The molecule has 0 saturated carbocycles. The number of imidazole rings is 1. The topological polar surface area (TPSA) is 115 Å². The Balaban J connectivity index is 1.16. The first-order valence-corrected chi connectivity index (χ1v) is 11.4. The van der Waals surface area contributed by atoms with Gasteiger partial charge >= 0.3 is 0 Å². The van der Waals surface area contributed by atoms with Crippen molar-refractivity contribution in [2.24, 2.45) is 0 Å². The highest BCUT2D eigenvalue weighted by atomic mass is 16.5. The minimum atomic E-state index is -0.183. The first-order chi connectivity index (χ1) is 17.6. The van der Waals surface area contributed by atoms with Gasteiger partial charge in [-0.05, 0) is 48.9 Å². The lowest BCUT2D eigenvalue weighted by atomic mass is 10.1. The molecule has 0 atom stereocenters. The number of hydrogen-bond acceptors (Lipinski definition) is 6. The summed E-state index contributed by atoms with van der Waals surface area (Å²) in [6.07, 6.45) is 8.95. The smallest absolute Gasteiger partial charge is 0.232 e. The summed E-state index contributed by atoms with van der Waals surface area (Å²) in [7, 11) is 0. The van der Waals surface area contributed by atoms with Gasteiger partial charge in [-0.3, -0.25) is 14.3 Å². The molecule has 0 unspecified atom stereocenters. The third-order valence-corrected chi connectivity index (χ3v) is 5.83. The van der Waals surface area contributed by atoms with Gasteiger partial charge in [0.15, 0.2) is 0 Å². The van der Waals surface area contributed by atoms with Crippen LogP contribution in [0, 0.1) is 6.92 Å². The van der Waals surface area contributed by atoms with Crippen molar-refractivity contribution in [1.29, 1.82) is 0 Å². The van der Waals surface area contributed by atoms with Crippen LogP contribution >= 0.6 is 0 Å². The van der Waals surface area contributed by atoms with Crippen molar-refractivity contribution in [3.8, 4) is 28.3 Å². The zero-order chi connectivity index (χ0) is 24.5. The molecule has 9 heteroatoms. The number of rotatable bonds is 6. The van der Waals surface area contributed by atoms with Gasteiger partial charge in [0.1, 0.15) is 23.6 Å². The Morgan fingerprint density at radius 1 is 1.00 bits per heavy atom. The molecule has 0 aliphatic rings. The van der Waals surface area contributed by atoms with Crippen LogP contribution in [-0.4, -0.2) is 35.6 Å². The monoisotopic (exact) mass is 475 g/mol. The van der Waals surface area contributed by atoms with E-state index in [1.807, 2.05) is 60.2 Å². The molecule has 176 valence electrons. The van der Waals surface area contributed by atoms with Gasteiger partial charge in [0.25, 0.3) is 0 Å². The van der Waals surface area contributed by atoms with Gasteiger partial charge in [-0.25, -0.2) is 9.97 Å². The van der Waals surface area contributed by atoms with E-state index >= 15 is 0 Å². The van der Waals surface area contributed by atoms with Crippen molar-refractivity contribution in [2.45, 2.75) is 13.3 Å².